The predicted molar refractivity (Wildman–Crippen MR) is 66.7 cm³/mol. The zero-order valence-corrected chi connectivity index (χ0v) is 9.87. The zero-order valence-electron chi connectivity index (χ0n) is 9.87. The first-order chi connectivity index (χ1) is 8.70. The number of benzene rings is 1. The summed E-state index contributed by atoms with van der Waals surface area (Å²) in [5, 5.41) is 11.5. The quantitative estimate of drug-likeness (QED) is 0.891. The van der Waals surface area contributed by atoms with E-state index in [1.54, 1.807) is 54.5 Å². The number of carbonyl (C=O) groups is 1. The molecule has 2 aromatic rings. The minimum Gasteiger partial charge on any atom is -0.325 e. The summed E-state index contributed by atoms with van der Waals surface area (Å²) in [5.74, 6) is -0.150. The van der Waals surface area contributed by atoms with E-state index in [0.29, 0.717) is 11.3 Å². The number of imidazole rings is 1. The second-order valence-corrected chi connectivity index (χ2v) is 3.87. The van der Waals surface area contributed by atoms with Crippen molar-refractivity contribution in [1.29, 1.82) is 5.26 Å². The van der Waals surface area contributed by atoms with Crippen molar-refractivity contribution in [3.05, 3.63) is 48.5 Å². The molecule has 0 radical (unpaired) electrons. The monoisotopic (exact) mass is 240 g/mol. The number of hydrogen-bond acceptors (Lipinski definition) is 3. The number of nitrogens with one attached hydrogen (secondary N) is 1. The summed E-state index contributed by atoms with van der Waals surface area (Å²) in [5.41, 5.74) is 1.13. The Morgan fingerprint density at radius 3 is 3.06 bits per heavy atom. The van der Waals surface area contributed by atoms with Crippen molar-refractivity contribution in [1.82, 2.24) is 9.55 Å². The Morgan fingerprint density at radius 2 is 2.39 bits per heavy atom. The van der Waals surface area contributed by atoms with Crippen molar-refractivity contribution in [2.45, 2.75) is 13.0 Å². The van der Waals surface area contributed by atoms with Gasteiger partial charge in [-0.1, -0.05) is 6.07 Å². The summed E-state index contributed by atoms with van der Waals surface area (Å²) in [6.07, 6.45) is 4.95. The molecule has 0 aliphatic carbocycles. The van der Waals surface area contributed by atoms with E-state index >= 15 is 0 Å². The third-order valence-corrected chi connectivity index (χ3v) is 2.61. The average Bonchev–Trinajstić information content (AvgIpc) is 2.92. The molecule has 1 aromatic heterocycles. The molecule has 1 atom stereocenters. The highest BCUT2D eigenvalue weighted by atomic mass is 16.2. The Balaban J connectivity index is 2.09. The van der Waals surface area contributed by atoms with Gasteiger partial charge in [0.1, 0.15) is 6.04 Å². The minimum atomic E-state index is -0.349. The summed E-state index contributed by atoms with van der Waals surface area (Å²) in [6, 6.07) is 8.49. The number of amides is 1. The second-order valence-electron chi connectivity index (χ2n) is 3.87. The molecule has 1 unspecified atom stereocenters. The number of nitrogens with zero attached hydrogens (tertiary/aromatic N) is 3. The van der Waals surface area contributed by atoms with Gasteiger partial charge in [-0.05, 0) is 25.1 Å². The van der Waals surface area contributed by atoms with Crippen LogP contribution in [0.2, 0.25) is 0 Å². The first-order valence-corrected chi connectivity index (χ1v) is 5.49. The van der Waals surface area contributed by atoms with Gasteiger partial charge >= 0.3 is 0 Å². The van der Waals surface area contributed by atoms with Gasteiger partial charge in [-0.3, -0.25) is 4.79 Å². The minimum absolute atomic E-state index is 0.150. The first-order valence-electron chi connectivity index (χ1n) is 5.49. The van der Waals surface area contributed by atoms with Gasteiger partial charge in [0.25, 0.3) is 0 Å². The first kappa shape index (κ1) is 11.9. The Bertz CT molecular complexity index is 583. The summed E-state index contributed by atoms with van der Waals surface area (Å²) in [4.78, 5) is 15.9. The fraction of sp³-hybridized carbons (Fsp3) is 0.154. The lowest BCUT2D eigenvalue weighted by molar-refractivity contribution is -0.118. The van der Waals surface area contributed by atoms with Crippen LogP contribution in [0.15, 0.2) is 43.0 Å². The lowest BCUT2D eigenvalue weighted by Crippen LogP contribution is -2.22. The molecule has 18 heavy (non-hydrogen) atoms. The van der Waals surface area contributed by atoms with Gasteiger partial charge in [-0.15, -0.1) is 0 Å². The molecular formula is C13H12N4O. The highest BCUT2D eigenvalue weighted by Gasteiger charge is 2.14. The molecule has 5 nitrogen and oxygen atoms in total. The molecule has 1 amide bonds. The van der Waals surface area contributed by atoms with Crippen molar-refractivity contribution >= 4 is 11.6 Å². The van der Waals surface area contributed by atoms with Crippen molar-refractivity contribution in [3.8, 4) is 6.07 Å². The van der Waals surface area contributed by atoms with Crippen LogP contribution in [0.4, 0.5) is 5.69 Å². The third kappa shape index (κ3) is 2.55. The van der Waals surface area contributed by atoms with E-state index < -0.39 is 0 Å². The molecule has 0 saturated heterocycles. The number of carbonyl (C=O) groups excluding carboxylic acids is 1. The molecule has 1 aromatic carbocycles. The maximum Gasteiger partial charge on any atom is 0.247 e. The average molecular weight is 240 g/mol. The fourth-order valence-corrected chi connectivity index (χ4v) is 1.55. The molecule has 1 N–H and O–H groups in total. The number of anilines is 1. The van der Waals surface area contributed by atoms with Crippen LogP contribution in [-0.2, 0) is 4.79 Å². The topological polar surface area (TPSA) is 70.7 Å². The molecule has 0 bridgehead atoms. The van der Waals surface area contributed by atoms with Crippen molar-refractivity contribution in [3.63, 3.8) is 0 Å². The lowest BCUT2D eigenvalue weighted by Gasteiger charge is -2.13. The van der Waals surface area contributed by atoms with Gasteiger partial charge in [0.15, 0.2) is 0 Å². The van der Waals surface area contributed by atoms with Crippen molar-refractivity contribution in [2.24, 2.45) is 0 Å². The standard InChI is InChI=1S/C13H12N4O/c1-10(17-6-5-15-9-17)13(18)16-12-4-2-3-11(7-12)8-14/h2-7,9-10H,1H3,(H,16,18). The van der Waals surface area contributed by atoms with Crippen LogP contribution in [0.1, 0.15) is 18.5 Å². The molecule has 2 rings (SSSR count). The van der Waals surface area contributed by atoms with Gasteiger partial charge < -0.3 is 9.88 Å². The van der Waals surface area contributed by atoms with E-state index in [4.69, 9.17) is 5.26 Å². The predicted octanol–water partition coefficient (Wildman–Crippen LogP) is 1.95. The largest absolute Gasteiger partial charge is 0.325 e. The van der Waals surface area contributed by atoms with E-state index in [1.807, 2.05) is 6.07 Å². The van der Waals surface area contributed by atoms with Crippen molar-refractivity contribution < 1.29 is 4.79 Å². The summed E-state index contributed by atoms with van der Waals surface area (Å²) < 4.78 is 1.71. The normalized spacial score (nSPS) is 11.6. The van der Waals surface area contributed by atoms with Crippen LogP contribution in [0.5, 0.6) is 0 Å². The van der Waals surface area contributed by atoms with Crippen LogP contribution >= 0.6 is 0 Å². The summed E-state index contributed by atoms with van der Waals surface area (Å²) >= 11 is 0. The van der Waals surface area contributed by atoms with Gasteiger partial charge in [0.2, 0.25) is 5.91 Å². The van der Waals surface area contributed by atoms with E-state index in [9.17, 15) is 4.79 Å². The maximum atomic E-state index is 12.0. The van der Waals surface area contributed by atoms with Gasteiger partial charge in [-0.2, -0.15) is 5.26 Å². The Morgan fingerprint density at radius 1 is 1.56 bits per heavy atom. The van der Waals surface area contributed by atoms with E-state index in [2.05, 4.69) is 10.3 Å². The highest BCUT2D eigenvalue weighted by molar-refractivity contribution is 5.93. The molecule has 0 saturated carbocycles. The van der Waals surface area contributed by atoms with Crippen LogP contribution in [0, 0.1) is 11.3 Å². The molecule has 90 valence electrons. The molecule has 0 aliphatic rings. The van der Waals surface area contributed by atoms with E-state index in [1.165, 1.54) is 0 Å². The lowest BCUT2D eigenvalue weighted by atomic mass is 10.2. The maximum absolute atomic E-state index is 12.0. The Labute approximate surface area is 105 Å². The van der Waals surface area contributed by atoms with E-state index in [0.717, 1.165) is 0 Å². The summed E-state index contributed by atoms with van der Waals surface area (Å²) in [6.45, 7) is 1.78. The number of hydrogen-bond donors (Lipinski definition) is 1. The van der Waals surface area contributed by atoms with E-state index in [-0.39, 0.29) is 11.9 Å². The van der Waals surface area contributed by atoms with Gasteiger partial charge in [0, 0.05) is 18.1 Å². The third-order valence-electron chi connectivity index (χ3n) is 2.61. The highest BCUT2D eigenvalue weighted by Crippen LogP contribution is 2.13. The molecule has 0 fully saturated rings. The Kier molecular flexibility index (Phi) is 3.39. The smallest absolute Gasteiger partial charge is 0.247 e. The van der Waals surface area contributed by atoms with Gasteiger partial charge in [-0.25, -0.2) is 4.98 Å². The van der Waals surface area contributed by atoms with Crippen LogP contribution in [0.3, 0.4) is 0 Å². The van der Waals surface area contributed by atoms with Crippen molar-refractivity contribution in [2.75, 3.05) is 5.32 Å². The molecular weight excluding hydrogens is 228 g/mol. The number of rotatable bonds is 3. The zero-order chi connectivity index (χ0) is 13.0. The molecule has 0 spiro atoms. The van der Waals surface area contributed by atoms with Gasteiger partial charge in [0.05, 0.1) is 18.0 Å². The Hall–Kier alpha value is -2.61. The second kappa shape index (κ2) is 5.15. The summed E-state index contributed by atoms with van der Waals surface area (Å²) in [7, 11) is 0. The van der Waals surface area contributed by atoms with Crippen LogP contribution in [0.25, 0.3) is 0 Å². The van der Waals surface area contributed by atoms with Crippen LogP contribution < -0.4 is 5.32 Å². The SMILES string of the molecule is CC(C(=O)Nc1cccc(C#N)c1)n1ccnc1. The molecule has 0 aliphatic heterocycles. The van der Waals surface area contributed by atoms with Crippen LogP contribution in [-0.4, -0.2) is 15.5 Å². The number of nitriles is 1. The molecule has 1 heterocycles. The fourth-order valence-electron chi connectivity index (χ4n) is 1.55. The molecule has 5 heteroatoms. The number of aromatic nitrogens is 2.